The predicted octanol–water partition coefficient (Wildman–Crippen LogP) is 2.46. The Kier molecular flexibility index (Phi) is 4.59. The number of ether oxygens (including phenoxy) is 1. The molecule has 1 heterocycles. The molecule has 0 bridgehead atoms. The van der Waals surface area contributed by atoms with Crippen molar-refractivity contribution in [2.75, 3.05) is 11.9 Å². The molecule has 0 spiro atoms. The molecule has 0 saturated carbocycles. The second-order valence-corrected chi connectivity index (χ2v) is 5.02. The molecule has 0 aliphatic carbocycles. The lowest BCUT2D eigenvalue weighted by Gasteiger charge is -2.09. The lowest BCUT2D eigenvalue weighted by Crippen LogP contribution is -2.21. The van der Waals surface area contributed by atoms with Crippen LogP contribution >= 0.6 is 15.9 Å². The van der Waals surface area contributed by atoms with Crippen LogP contribution in [0.25, 0.3) is 0 Å². The molecule has 0 fully saturated rings. The molecule has 1 aromatic carbocycles. The zero-order valence-electron chi connectivity index (χ0n) is 10.9. The third-order valence-corrected chi connectivity index (χ3v) is 2.92. The van der Waals surface area contributed by atoms with Gasteiger partial charge in [-0.3, -0.25) is 4.79 Å². The van der Waals surface area contributed by atoms with Crippen LogP contribution in [0.5, 0.6) is 5.75 Å². The van der Waals surface area contributed by atoms with Crippen molar-refractivity contribution in [3.8, 4) is 5.75 Å². The van der Waals surface area contributed by atoms with Crippen LogP contribution < -0.4 is 10.1 Å². The summed E-state index contributed by atoms with van der Waals surface area (Å²) in [5.74, 6) is -0.666. The number of benzene rings is 1. The van der Waals surface area contributed by atoms with Gasteiger partial charge in [0.1, 0.15) is 17.1 Å². The molecule has 7 nitrogen and oxygen atoms in total. The fraction of sp³-hybridized carbons (Fsp3) is 0.154. The van der Waals surface area contributed by atoms with Gasteiger partial charge in [-0.1, -0.05) is 21.1 Å². The largest absolute Gasteiger partial charge is 0.483 e. The molecule has 21 heavy (non-hydrogen) atoms. The molecule has 1 aromatic heterocycles. The van der Waals surface area contributed by atoms with Crippen molar-refractivity contribution >= 4 is 33.6 Å². The number of aromatic nitrogens is 1. The van der Waals surface area contributed by atoms with Gasteiger partial charge in [0.2, 0.25) is 0 Å². The zero-order chi connectivity index (χ0) is 15.4. The van der Waals surface area contributed by atoms with Crippen LogP contribution in [0.2, 0.25) is 0 Å². The first-order valence-electron chi connectivity index (χ1n) is 5.84. The number of anilines is 1. The minimum Gasteiger partial charge on any atom is -0.483 e. The number of halogens is 1. The fourth-order valence-corrected chi connectivity index (χ4v) is 1.90. The first kappa shape index (κ1) is 15.0. The van der Waals surface area contributed by atoms with Gasteiger partial charge in [-0.2, -0.15) is 0 Å². The average Bonchev–Trinajstić information content (AvgIpc) is 2.82. The van der Waals surface area contributed by atoms with Crippen LogP contribution in [0.15, 0.2) is 33.3 Å². The molecule has 0 aliphatic rings. The molecule has 0 unspecified atom stereocenters. The third-order valence-electron chi connectivity index (χ3n) is 2.43. The number of amides is 1. The van der Waals surface area contributed by atoms with Gasteiger partial charge < -0.3 is 19.7 Å². The van der Waals surface area contributed by atoms with Crippen molar-refractivity contribution in [2.24, 2.45) is 0 Å². The summed E-state index contributed by atoms with van der Waals surface area (Å²) in [5, 5.41) is 15.1. The number of hydrogen-bond acceptors (Lipinski definition) is 5. The van der Waals surface area contributed by atoms with Crippen molar-refractivity contribution in [3.05, 3.63) is 40.1 Å². The Hall–Kier alpha value is -2.35. The highest BCUT2D eigenvalue weighted by Gasteiger charge is 2.14. The van der Waals surface area contributed by atoms with Crippen LogP contribution in [0, 0.1) is 6.92 Å². The lowest BCUT2D eigenvalue weighted by molar-refractivity contribution is -0.118. The van der Waals surface area contributed by atoms with Gasteiger partial charge in [-0.05, 0) is 25.1 Å². The molecule has 110 valence electrons. The van der Waals surface area contributed by atoms with Gasteiger partial charge in [0.25, 0.3) is 5.91 Å². The van der Waals surface area contributed by atoms with E-state index in [2.05, 4.69) is 26.4 Å². The third kappa shape index (κ3) is 4.06. The maximum Gasteiger partial charge on any atom is 0.339 e. The van der Waals surface area contributed by atoms with Crippen molar-refractivity contribution in [1.82, 2.24) is 5.16 Å². The van der Waals surface area contributed by atoms with Crippen molar-refractivity contribution in [2.45, 2.75) is 6.92 Å². The number of carboxylic acids is 1. The molecule has 2 aromatic rings. The number of carbonyl (C=O) groups excluding carboxylic acids is 1. The molecule has 2 rings (SSSR count). The Balaban J connectivity index is 1.99. The van der Waals surface area contributed by atoms with E-state index in [1.807, 2.05) is 0 Å². The van der Waals surface area contributed by atoms with E-state index < -0.39 is 11.9 Å². The van der Waals surface area contributed by atoms with Crippen molar-refractivity contribution in [1.29, 1.82) is 0 Å². The number of nitrogens with zero attached hydrogens (tertiary/aromatic N) is 1. The highest BCUT2D eigenvalue weighted by molar-refractivity contribution is 9.10. The van der Waals surface area contributed by atoms with Gasteiger partial charge in [-0.15, -0.1) is 0 Å². The normalized spacial score (nSPS) is 10.2. The molecule has 8 heteroatoms. The highest BCUT2D eigenvalue weighted by Crippen LogP contribution is 2.23. The number of aryl methyl sites for hydroxylation is 1. The number of aromatic carboxylic acids is 1. The maximum atomic E-state index is 11.7. The Morgan fingerprint density at radius 1 is 1.43 bits per heavy atom. The number of carbonyl (C=O) groups is 2. The first-order chi connectivity index (χ1) is 9.95. The lowest BCUT2D eigenvalue weighted by atomic mass is 10.2. The number of hydrogen-bond donors (Lipinski definition) is 2. The van der Waals surface area contributed by atoms with Crippen molar-refractivity contribution < 1.29 is 24.0 Å². The molecule has 0 atom stereocenters. The fourth-order valence-electron chi connectivity index (χ4n) is 1.54. The highest BCUT2D eigenvalue weighted by atomic mass is 79.9. The Morgan fingerprint density at radius 3 is 2.81 bits per heavy atom. The van der Waals surface area contributed by atoms with Crippen LogP contribution in [0.3, 0.4) is 0 Å². The quantitative estimate of drug-likeness (QED) is 0.854. The average molecular weight is 355 g/mol. The summed E-state index contributed by atoms with van der Waals surface area (Å²) >= 11 is 3.17. The van der Waals surface area contributed by atoms with Crippen LogP contribution in [-0.2, 0) is 4.79 Å². The topological polar surface area (TPSA) is 102 Å². The molecular weight excluding hydrogens is 344 g/mol. The smallest absolute Gasteiger partial charge is 0.339 e. The molecule has 1 amide bonds. The summed E-state index contributed by atoms with van der Waals surface area (Å²) in [7, 11) is 0. The van der Waals surface area contributed by atoms with Crippen LogP contribution in [-0.4, -0.2) is 28.7 Å². The number of nitrogens with one attached hydrogen (secondary N) is 1. The molecular formula is C13H11BrN2O5. The van der Waals surface area contributed by atoms with Gasteiger partial charge in [-0.25, -0.2) is 4.79 Å². The zero-order valence-corrected chi connectivity index (χ0v) is 12.5. The summed E-state index contributed by atoms with van der Waals surface area (Å²) in [6, 6.07) is 6.05. The van der Waals surface area contributed by atoms with E-state index >= 15 is 0 Å². The second-order valence-electron chi connectivity index (χ2n) is 4.11. The summed E-state index contributed by atoms with van der Waals surface area (Å²) < 4.78 is 10.6. The number of carboxylic acid groups (broad SMARTS) is 1. The van der Waals surface area contributed by atoms with E-state index in [4.69, 9.17) is 14.4 Å². The Morgan fingerprint density at radius 2 is 2.19 bits per heavy atom. The van der Waals surface area contributed by atoms with E-state index in [-0.39, 0.29) is 23.7 Å². The Labute approximate surface area is 128 Å². The Bertz CT molecular complexity index is 683. The van der Waals surface area contributed by atoms with Gasteiger partial charge in [0.05, 0.1) is 0 Å². The first-order valence-corrected chi connectivity index (χ1v) is 6.64. The predicted molar refractivity (Wildman–Crippen MR) is 76.5 cm³/mol. The van der Waals surface area contributed by atoms with E-state index in [1.54, 1.807) is 19.1 Å². The van der Waals surface area contributed by atoms with E-state index in [0.29, 0.717) is 10.2 Å². The summed E-state index contributed by atoms with van der Waals surface area (Å²) in [5.41, 5.74) is -0.0329. The minimum absolute atomic E-state index is 0.0329. The molecule has 0 aliphatic heterocycles. The van der Waals surface area contributed by atoms with Gasteiger partial charge in [0, 0.05) is 10.5 Å². The van der Waals surface area contributed by atoms with E-state index in [0.717, 1.165) is 0 Å². The molecule has 2 N–H and O–H groups in total. The van der Waals surface area contributed by atoms with Crippen LogP contribution in [0.1, 0.15) is 16.1 Å². The molecule has 0 radical (unpaired) electrons. The maximum absolute atomic E-state index is 11.7. The van der Waals surface area contributed by atoms with Crippen LogP contribution in [0.4, 0.5) is 5.82 Å². The monoisotopic (exact) mass is 354 g/mol. The van der Waals surface area contributed by atoms with E-state index in [1.165, 1.54) is 12.1 Å². The van der Waals surface area contributed by atoms with Gasteiger partial charge >= 0.3 is 5.97 Å². The minimum atomic E-state index is -1.14. The number of rotatable bonds is 5. The van der Waals surface area contributed by atoms with Crippen molar-refractivity contribution in [3.63, 3.8) is 0 Å². The summed E-state index contributed by atoms with van der Waals surface area (Å²) in [4.78, 5) is 22.8. The van der Waals surface area contributed by atoms with E-state index in [9.17, 15) is 9.59 Å². The standard InChI is InChI=1S/C13H11BrN2O5/c1-7-4-11(16-21-7)15-12(17)6-20-10-3-2-8(14)5-9(10)13(18)19/h2-5H,6H2,1H3,(H,18,19)(H,15,16,17). The summed E-state index contributed by atoms with van der Waals surface area (Å²) in [6.45, 7) is 1.36. The SMILES string of the molecule is Cc1cc(NC(=O)COc2ccc(Br)cc2C(=O)O)no1. The van der Waals surface area contributed by atoms with Gasteiger partial charge in [0.15, 0.2) is 12.4 Å². The molecule has 0 saturated heterocycles. The second kappa shape index (κ2) is 6.40. The summed E-state index contributed by atoms with van der Waals surface area (Å²) in [6.07, 6.45) is 0.